The molecule has 0 fully saturated rings. The second kappa shape index (κ2) is 6.53. The molecule has 130 valence electrons. The highest BCUT2D eigenvalue weighted by molar-refractivity contribution is 7.09. The van der Waals surface area contributed by atoms with Crippen LogP contribution in [0.15, 0.2) is 54.2 Å². The van der Waals surface area contributed by atoms with Gasteiger partial charge < -0.3 is 21.2 Å². The number of carbonyl (C=O) groups is 1. The molecule has 5 N–H and O–H groups in total. The number of nitrogens with two attached hydrogens (primary N) is 2. The summed E-state index contributed by atoms with van der Waals surface area (Å²) in [7, 11) is 0. The number of aromatic amines is 1. The number of ether oxygens (including phenoxy) is 1. The summed E-state index contributed by atoms with van der Waals surface area (Å²) in [5.74, 6) is 0.196. The molecule has 2 aromatic carbocycles. The molecule has 2 heterocycles. The van der Waals surface area contributed by atoms with E-state index in [0.29, 0.717) is 29.1 Å². The zero-order valence-electron chi connectivity index (χ0n) is 13.7. The number of benzene rings is 2. The van der Waals surface area contributed by atoms with Crippen LogP contribution in [0.1, 0.15) is 15.4 Å². The first-order valence-corrected chi connectivity index (χ1v) is 8.82. The van der Waals surface area contributed by atoms with E-state index in [4.69, 9.17) is 16.2 Å². The maximum Gasteiger partial charge on any atom is 0.250 e. The van der Waals surface area contributed by atoms with Gasteiger partial charge in [-0.25, -0.2) is 4.98 Å². The van der Waals surface area contributed by atoms with Gasteiger partial charge in [0, 0.05) is 34.9 Å². The van der Waals surface area contributed by atoms with E-state index >= 15 is 0 Å². The third-order valence-corrected chi connectivity index (χ3v) is 4.83. The number of hydrogen-bond donors (Lipinski definition) is 3. The van der Waals surface area contributed by atoms with Crippen molar-refractivity contribution >= 4 is 33.8 Å². The molecule has 4 rings (SSSR count). The average molecular weight is 364 g/mol. The number of nitrogens with zero attached hydrogens (tertiary/aromatic N) is 1. The molecule has 0 spiro atoms. The Kier molecular flexibility index (Phi) is 4.06. The first-order chi connectivity index (χ1) is 12.6. The maximum atomic E-state index is 11.6. The van der Waals surface area contributed by atoms with Gasteiger partial charge in [-0.1, -0.05) is 6.07 Å². The minimum Gasteiger partial charge on any atom is -0.486 e. The summed E-state index contributed by atoms with van der Waals surface area (Å²) in [6, 6.07) is 11.1. The number of carbonyl (C=O) groups excluding carboxylic acids is 1. The summed E-state index contributed by atoms with van der Waals surface area (Å²) >= 11 is 1.54. The van der Waals surface area contributed by atoms with Crippen LogP contribution in [0.4, 0.5) is 5.69 Å². The molecule has 0 saturated heterocycles. The number of nitrogen functional groups attached to an aromatic ring is 1. The van der Waals surface area contributed by atoms with E-state index in [1.807, 2.05) is 29.6 Å². The molecule has 6 nitrogen and oxygen atoms in total. The molecule has 0 aliphatic rings. The van der Waals surface area contributed by atoms with Gasteiger partial charge in [-0.05, 0) is 35.4 Å². The van der Waals surface area contributed by atoms with Gasteiger partial charge in [-0.15, -0.1) is 11.3 Å². The third-order valence-electron chi connectivity index (χ3n) is 4.07. The summed E-state index contributed by atoms with van der Waals surface area (Å²) in [5.41, 5.74) is 15.1. The van der Waals surface area contributed by atoms with Crippen LogP contribution in [-0.4, -0.2) is 15.9 Å². The fourth-order valence-corrected chi connectivity index (χ4v) is 3.47. The highest BCUT2D eigenvalue weighted by Crippen LogP contribution is 2.34. The number of anilines is 1. The van der Waals surface area contributed by atoms with E-state index in [2.05, 4.69) is 9.97 Å². The molecular weight excluding hydrogens is 348 g/mol. The van der Waals surface area contributed by atoms with E-state index in [-0.39, 0.29) is 0 Å². The Morgan fingerprint density at radius 1 is 1.23 bits per heavy atom. The molecule has 1 amide bonds. The van der Waals surface area contributed by atoms with Crippen LogP contribution in [-0.2, 0) is 6.61 Å². The van der Waals surface area contributed by atoms with Gasteiger partial charge in [-0.3, -0.25) is 4.79 Å². The number of hydrogen-bond acceptors (Lipinski definition) is 5. The van der Waals surface area contributed by atoms with Crippen molar-refractivity contribution in [2.75, 3.05) is 5.73 Å². The Labute approximate surface area is 153 Å². The quantitative estimate of drug-likeness (QED) is 0.471. The molecule has 0 saturated carbocycles. The molecule has 0 unspecified atom stereocenters. The molecule has 26 heavy (non-hydrogen) atoms. The molecule has 0 aliphatic heterocycles. The van der Waals surface area contributed by atoms with Crippen LogP contribution in [0.2, 0.25) is 0 Å². The smallest absolute Gasteiger partial charge is 0.250 e. The van der Waals surface area contributed by atoms with Crippen molar-refractivity contribution in [2.45, 2.75) is 6.61 Å². The fourth-order valence-electron chi connectivity index (χ4n) is 2.94. The standard InChI is InChI=1S/C19H16N4O2S/c20-12-7-11(8-13(9-12)25-10-17-22-5-6-26-17)14-1-2-16(19(21)24)18-15(14)3-4-23-18/h1-9,23H,10,20H2,(H2,21,24). The molecule has 4 aromatic rings. The number of primary amides is 1. The predicted octanol–water partition coefficient (Wildman–Crippen LogP) is 3.55. The van der Waals surface area contributed by atoms with Crippen molar-refractivity contribution in [3.05, 3.63) is 64.7 Å². The molecule has 0 bridgehead atoms. The summed E-state index contributed by atoms with van der Waals surface area (Å²) in [4.78, 5) is 18.9. The Balaban J connectivity index is 1.74. The zero-order chi connectivity index (χ0) is 18.1. The first kappa shape index (κ1) is 16.2. The molecule has 0 radical (unpaired) electrons. The summed E-state index contributed by atoms with van der Waals surface area (Å²) < 4.78 is 5.83. The van der Waals surface area contributed by atoms with Crippen molar-refractivity contribution in [3.8, 4) is 16.9 Å². The maximum absolute atomic E-state index is 11.6. The zero-order valence-corrected chi connectivity index (χ0v) is 14.5. The van der Waals surface area contributed by atoms with Gasteiger partial charge in [-0.2, -0.15) is 0 Å². The topological polar surface area (TPSA) is 107 Å². The number of aromatic nitrogens is 2. The number of thiazole rings is 1. The van der Waals surface area contributed by atoms with Crippen molar-refractivity contribution in [1.29, 1.82) is 0 Å². The van der Waals surface area contributed by atoms with Gasteiger partial charge in [0.25, 0.3) is 5.91 Å². The van der Waals surface area contributed by atoms with Crippen LogP contribution >= 0.6 is 11.3 Å². The Morgan fingerprint density at radius 3 is 2.88 bits per heavy atom. The lowest BCUT2D eigenvalue weighted by Crippen LogP contribution is -2.11. The monoisotopic (exact) mass is 364 g/mol. The van der Waals surface area contributed by atoms with Crippen LogP contribution < -0.4 is 16.2 Å². The average Bonchev–Trinajstić information content (AvgIpc) is 3.30. The normalized spacial score (nSPS) is 10.9. The van der Waals surface area contributed by atoms with E-state index in [0.717, 1.165) is 21.5 Å². The van der Waals surface area contributed by atoms with Gasteiger partial charge in [0.2, 0.25) is 0 Å². The van der Waals surface area contributed by atoms with Crippen molar-refractivity contribution in [2.24, 2.45) is 5.73 Å². The van der Waals surface area contributed by atoms with Crippen LogP contribution in [0, 0.1) is 0 Å². The Bertz CT molecular complexity index is 1090. The van der Waals surface area contributed by atoms with E-state index in [1.165, 1.54) is 11.3 Å². The minimum atomic E-state index is -0.468. The second-order valence-corrected chi connectivity index (χ2v) is 6.78. The van der Waals surface area contributed by atoms with Crippen LogP contribution in [0.25, 0.3) is 22.0 Å². The molecule has 0 aliphatic carbocycles. The molecule has 0 atom stereocenters. The van der Waals surface area contributed by atoms with Crippen LogP contribution in [0.5, 0.6) is 5.75 Å². The SMILES string of the molecule is NC(=O)c1ccc(-c2cc(N)cc(OCc3nccs3)c2)c2cc[nH]c12. The van der Waals surface area contributed by atoms with Crippen molar-refractivity contribution in [1.82, 2.24) is 9.97 Å². The fraction of sp³-hybridized carbons (Fsp3) is 0.0526. The Morgan fingerprint density at radius 2 is 2.12 bits per heavy atom. The predicted molar refractivity (Wildman–Crippen MR) is 103 cm³/mol. The van der Waals surface area contributed by atoms with E-state index in [1.54, 1.807) is 24.5 Å². The highest BCUT2D eigenvalue weighted by Gasteiger charge is 2.13. The van der Waals surface area contributed by atoms with Gasteiger partial charge in [0.15, 0.2) is 0 Å². The van der Waals surface area contributed by atoms with E-state index in [9.17, 15) is 4.79 Å². The number of amides is 1. The van der Waals surface area contributed by atoms with Gasteiger partial charge >= 0.3 is 0 Å². The van der Waals surface area contributed by atoms with E-state index < -0.39 is 5.91 Å². The minimum absolute atomic E-state index is 0.390. The highest BCUT2D eigenvalue weighted by atomic mass is 32.1. The first-order valence-electron chi connectivity index (χ1n) is 7.94. The van der Waals surface area contributed by atoms with Crippen LogP contribution in [0.3, 0.4) is 0 Å². The molecule has 7 heteroatoms. The van der Waals surface area contributed by atoms with Crippen molar-refractivity contribution < 1.29 is 9.53 Å². The largest absolute Gasteiger partial charge is 0.486 e. The number of rotatable bonds is 5. The molecular formula is C19H16N4O2S. The summed E-state index contributed by atoms with van der Waals surface area (Å²) in [5, 5.41) is 3.71. The lowest BCUT2D eigenvalue weighted by atomic mass is 9.98. The lowest BCUT2D eigenvalue weighted by molar-refractivity contribution is 0.100. The summed E-state index contributed by atoms with van der Waals surface area (Å²) in [6.07, 6.45) is 3.53. The second-order valence-electron chi connectivity index (χ2n) is 5.80. The van der Waals surface area contributed by atoms with Crippen molar-refractivity contribution in [3.63, 3.8) is 0 Å². The lowest BCUT2D eigenvalue weighted by Gasteiger charge is -2.11. The molecule has 2 aromatic heterocycles. The number of H-pyrrole nitrogens is 1. The number of fused-ring (bicyclic) bond motifs is 1. The summed E-state index contributed by atoms with van der Waals surface area (Å²) in [6.45, 7) is 0.390. The van der Waals surface area contributed by atoms with Gasteiger partial charge in [0.1, 0.15) is 17.4 Å². The Hall–Kier alpha value is -3.32. The number of nitrogens with one attached hydrogen (secondary N) is 1. The van der Waals surface area contributed by atoms with Gasteiger partial charge in [0.05, 0.1) is 11.1 Å². The third kappa shape index (κ3) is 3.00.